The van der Waals surface area contributed by atoms with E-state index in [2.05, 4.69) is 18.3 Å². The minimum atomic E-state index is 0.557. The molecule has 0 unspecified atom stereocenters. The van der Waals surface area contributed by atoms with E-state index < -0.39 is 0 Å². The van der Waals surface area contributed by atoms with Crippen LogP contribution in [0.15, 0.2) is 42.5 Å². The van der Waals surface area contributed by atoms with E-state index in [-0.39, 0.29) is 0 Å². The zero-order valence-corrected chi connectivity index (χ0v) is 13.8. The van der Waals surface area contributed by atoms with E-state index >= 15 is 0 Å². The molecule has 1 N–H and O–H groups in total. The van der Waals surface area contributed by atoms with Gasteiger partial charge in [-0.1, -0.05) is 35.9 Å². The summed E-state index contributed by atoms with van der Waals surface area (Å²) in [5.74, 6) is 0.884. The number of para-hydroxylation sites is 1. The number of hydrogen-bond donors (Lipinski definition) is 1. The zero-order chi connectivity index (χ0) is 15.8. The van der Waals surface area contributed by atoms with Crippen LogP contribution in [0.3, 0.4) is 0 Å². The number of benzene rings is 2. The van der Waals surface area contributed by atoms with E-state index in [4.69, 9.17) is 21.1 Å². The van der Waals surface area contributed by atoms with Gasteiger partial charge < -0.3 is 14.8 Å². The minimum Gasteiger partial charge on any atom is -0.491 e. The highest BCUT2D eigenvalue weighted by atomic mass is 35.5. The lowest BCUT2D eigenvalue weighted by Gasteiger charge is -2.14. The highest BCUT2D eigenvalue weighted by molar-refractivity contribution is 6.30. The highest BCUT2D eigenvalue weighted by Gasteiger charge is 2.04. The average Bonchev–Trinajstić information content (AvgIpc) is 2.53. The van der Waals surface area contributed by atoms with Gasteiger partial charge in [-0.05, 0) is 37.6 Å². The SMILES string of the molecule is CCOCCOc1ccccc1CNc1cc(Cl)ccc1C. The predicted molar refractivity (Wildman–Crippen MR) is 91.9 cm³/mol. The van der Waals surface area contributed by atoms with Crippen LogP contribution in [0.2, 0.25) is 5.02 Å². The molecule has 0 heterocycles. The molecule has 0 aliphatic carbocycles. The first kappa shape index (κ1) is 16.7. The van der Waals surface area contributed by atoms with Crippen molar-refractivity contribution in [2.75, 3.05) is 25.1 Å². The van der Waals surface area contributed by atoms with Crippen molar-refractivity contribution >= 4 is 17.3 Å². The molecule has 2 aromatic rings. The number of anilines is 1. The van der Waals surface area contributed by atoms with Crippen molar-refractivity contribution in [1.82, 2.24) is 0 Å². The molecule has 2 aromatic carbocycles. The summed E-state index contributed by atoms with van der Waals surface area (Å²) in [5.41, 5.74) is 3.31. The van der Waals surface area contributed by atoms with Crippen molar-refractivity contribution in [2.24, 2.45) is 0 Å². The second-order valence-electron chi connectivity index (χ2n) is 4.97. The Morgan fingerprint density at radius 3 is 2.73 bits per heavy atom. The molecule has 0 saturated heterocycles. The molecule has 2 rings (SSSR count). The molecule has 4 heteroatoms. The van der Waals surface area contributed by atoms with Gasteiger partial charge in [0.25, 0.3) is 0 Å². The quantitative estimate of drug-likeness (QED) is 0.717. The molecule has 0 radical (unpaired) electrons. The third-order valence-corrected chi connectivity index (χ3v) is 3.57. The first-order chi connectivity index (χ1) is 10.7. The van der Waals surface area contributed by atoms with Crippen molar-refractivity contribution in [2.45, 2.75) is 20.4 Å². The van der Waals surface area contributed by atoms with Crippen molar-refractivity contribution in [3.05, 3.63) is 58.6 Å². The maximum atomic E-state index is 6.05. The Morgan fingerprint density at radius 2 is 1.91 bits per heavy atom. The van der Waals surface area contributed by atoms with Crippen molar-refractivity contribution < 1.29 is 9.47 Å². The maximum Gasteiger partial charge on any atom is 0.124 e. The Balaban J connectivity index is 1.98. The fraction of sp³-hybridized carbons (Fsp3) is 0.333. The minimum absolute atomic E-state index is 0.557. The number of aryl methyl sites for hydroxylation is 1. The summed E-state index contributed by atoms with van der Waals surface area (Å²) in [5, 5.41) is 4.15. The van der Waals surface area contributed by atoms with Crippen LogP contribution in [0, 0.1) is 6.92 Å². The van der Waals surface area contributed by atoms with Crippen LogP contribution in [-0.2, 0) is 11.3 Å². The van der Waals surface area contributed by atoms with Crippen LogP contribution in [0.1, 0.15) is 18.1 Å². The Labute approximate surface area is 137 Å². The molecule has 0 saturated carbocycles. The second-order valence-corrected chi connectivity index (χ2v) is 5.40. The Hall–Kier alpha value is -1.71. The molecule has 118 valence electrons. The smallest absolute Gasteiger partial charge is 0.124 e. The zero-order valence-electron chi connectivity index (χ0n) is 13.1. The second kappa shape index (κ2) is 8.66. The largest absolute Gasteiger partial charge is 0.491 e. The van der Waals surface area contributed by atoms with Gasteiger partial charge in [-0.3, -0.25) is 0 Å². The summed E-state index contributed by atoms with van der Waals surface area (Å²) in [6.45, 7) is 6.59. The van der Waals surface area contributed by atoms with E-state index in [1.165, 1.54) is 5.56 Å². The molecule has 0 aliphatic heterocycles. The van der Waals surface area contributed by atoms with Gasteiger partial charge in [0, 0.05) is 29.4 Å². The Kier molecular flexibility index (Phi) is 6.56. The third kappa shape index (κ3) is 4.93. The molecule has 0 aromatic heterocycles. The van der Waals surface area contributed by atoms with Gasteiger partial charge in [0.2, 0.25) is 0 Å². The first-order valence-electron chi connectivity index (χ1n) is 7.49. The lowest BCUT2D eigenvalue weighted by atomic mass is 10.1. The van der Waals surface area contributed by atoms with E-state index in [1.54, 1.807) is 0 Å². The summed E-state index contributed by atoms with van der Waals surface area (Å²) in [6.07, 6.45) is 0. The van der Waals surface area contributed by atoms with Gasteiger partial charge in [-0.25, -0.2) is 0 Å². The van der Waals surface area contributed by atoms with E-state index in [1.807, 2.05) is 43.3 Å². The highest BCUT2D eigenvalue weighted by Crippen LogP contribution is 2.23. The topological polar surface area (TPSA) is 30.5 Å². The summed E-state index contributed by atoms with van der Waals surface area (Å²) < 4.78 is 11.1. The van der Waals surface area contributed by atoms with Gasteiger partial charge in [0.05, 0.1) is 6.61 Å². The predicted octanol–water partition coefficient (Wildman–Crippen LogP) is 4.68. The molecular weight excluding hydrogens is 298 g/mol. The lowest BCUT2D eigenvalue weighted by molar-refractivity contribution is 0.110. The fourth-order valence-corrected chi connectivity index (χ4v) is 2.29. The third-order valence-electron chi connectivity index (χ3n) is 3.33. The summed E-state index contributed by atoms with van der Waals surface area (Å²) in [4.78, 5) is 0. The van der Waals surface area contributed by atoms with Gasteiger partial charge in [-0.15, -0.1) is 0 Å². The van der Waals surface area contributed by atoms with Gasteiger partial charge in [-0.2, -0.15) is 0 Å². The van der Waals surface area contributed by atoms with Crippen molar-refractivity contribution in [3.63, 3.8) is 0 Å². The Morgan fingerprint density at radius 1 is 1.09 bits per heavy atom. The number of halogens is 1. The number of nitrogens with one attached hydrogen (secondary N) is 1. The van der Waals surface area contributed by atoms with Crippen molar-refractivity contribution in [1.29, 1.82) is 0 Å². The molecule has 3 nitrogen and oxygen atoms in total. The normalized spacial score (nSPS) is 10.5. The van der Waals surface area contributed by atoms with Gasteiger partial charge in [0.1, 0.15) is 12.4 Å². The molecular formula is C18H22ClNO2. The van der Waals surface area contributed by atoms with Crippen LogP contribution in [0.5, 0.6) is 5.75 Å². The Bertz CT molecular complexity index is 601. The molecule has 0 amide bonds. The van der Waals surface area contributed by atoms with E-state index in [0.29, 0.717) is 26.4 Å². The van der Waals surface area contributed by atoms with Crippen LogP contribution >= 0.6 is 11.6 Å². The monoisotopic (exact) mass is 319 g/mol. The summed E-state index contributed by atoms with van der Waals surface area (Å²) in [7, 11) is 0. The standard InChI is InChI=1S/C18H22ClNO2/c1-3-21-10-11-22-18-7-5-4-6-15(18)13-20-17-12-16(19)9-8-14(17)2/h4-9,12,20H,3,10-11,13H2,1-2H3. The van der Waals surface area contributed by atoms with Crippen LogP contribution in [-0.4, -0.2) is 19.8 Å². The van der Waals surface area contributed by atoms with Crippen LogP contribution in [0.25, 0.3) is 0 Å². The van der Waals surface area contributed by atoms with Gasteiger partial charge in [0.15, 0.2) is 0 Å². The molecule has 0 fully saturated rings. The number of hydrogen-bond acceptors (Lipinski definition) is 3. The van der Waals surface area contributed by atoms with Crippen LogP contribution < -0.4 is 10.1 Å². The molecule has 0 bridgehead atoms. The molecule has 22 heavy (non-hydrogen) atoms. The average molecular weight is 320 g/mol. The van der Waals surface area contributed by atoms with Gasteiger partial charge >= 0.3 is 0 Å². The number of ether oxygens (including phenoxy) is 2. The molecule has 0 atom stereocenters. The fourth-order valence-electron chi connectivity index (χ4n) is 2.12. The molecule has 0 aliphatic rings. The van der Waals surface area contributed by atoms with Crippen molar-refractivity contribution in [3.8, 4) is 5.75 Å². The summed E-state index contributed by atoms with van der Waals surface area (Å²) in [6, 6.07) is 13.9. The van der Waals surface area contributed by atoms with E-state index in [0.717, 1.165) is 22.0 Å². The van der Waals surface area contributed by atoms with E-state index in [9.17, 15) is 0 Å². The molecule has 0 spiro atoms. The maximum absolute atomic E-state index is 6.05. The lowest BCUT2D eigenvalue weighted by Crippen LogP contribution is -2.09. The first-order valence-corrected chi connectivity index (χ1v) is 7.87. The van der Waals surface area contributed by atoms with Crippen LogP contribution in [0.4, 0.5) is 5.69 Å². The summed E-state index contributed by atoms with van der Waals surface area (Å²) >= 11 is 6.05. The number of rotatable bonds is 8.